The number of hydrogen-bond acceptors (Lipinski definition) is 2. The number of aliphatic hydroxyl groups excluding tert-OH is 1. The number of alkyl halides is 3. The van der Waals surface area contributed by atoms with Crippen LogP contribution in [0.1, 0.15) is 30.4 Å². The van der Waals surface area contributed by atoms with Gasteiger partial charge >= 0.3 is 6.18 Å². The zero-order valence-corrected chi connectivity index (χ0v) is 9.93. The molecule has 0 amide bonds. The van der Waals surface area contributed by atoms with Crippen molar-refractivity contribution in [2.75, 3.05) is 6.61 Å². The summed E-state index contributed by atoms with van der Waals surface area (Å²) in [6, 6.07) is 6.66. The first-order chi connectivity index (χ1) is 8.51. The van der Waals surface area contributed by atoms with Crippen LogP contribution in [-0.2, 0) is 12.1 Å². The van der Waals surface area contributed by atoms with Gasteiger partial charge in [-0.15, -0.1) is 0 Å². The fraction of sp³-hybridized carbons (Fsp3) is 0.538. The Labute approximate surface area is 104 Å². The third-order valence-electron chi connectivity index (χ3n) is 3.50. The van der Waals surface area contributed by atoms with Gasteiger partial charge in [-0.2, -0.15) is 13.2 Å². The molecule has 0 aliphatic carbocycles. The van der Waals surface area contributed by atoms with E-state index in [-0.39, 0.29) is 19.6 Å². The number of benzene rings is 1. The van der Waals surface area contributed by atoms with Gasteiger partial charge in [0.15, 0.2) is 0 Å². The van der Waals surface area contributed by atoms with Crippen molar-refractivity contribution in [3.05, 3.63) is 35.4 Å². The number of nitrogens with one attached hydrogen (secondary N) is 1. The molecular weight excluding hydrogens is 243 g/mol. The quantitative estimate of drug-likeness (QED) is 0.815. The minimum atomic E-state index is -4.32. The Bertz CT molecular complexity index is 419. The number of unbranched alkanes of at least 4 members (excludes halogenated alkanes) is 1. The summed E-state index contributed by atoms with van der Waals surface area (Å²) in [5, 5.41) is 11.3. The Kier molecular flexibility index (Phi) is 3.64. The summed E-state index contributed by atoms with van der Waals surface area (Å²) in [5.74, 6) is 0. The van der Waals surface area contributed by atoms with Crippen LogP contribution in [0.5, 0.6) is 0 Å². The summed E-state index contributed by atoms with van der Waals surface area (Å²) in [7, 11) is 0. The zero-order valence-electron chi connectivity index (χ0n) is 9.93. The molecule has 0 radical (unpaired) electrons. The molecule has 1 unspecified atom stereocenters. The lowest BCUT2D eigenvalue weighted by Gasteiger charge is -2.33. The summed E-state index contributed by atoms with van der Waals surface area (Å²) >= 11 is 0. The van der Waals surface area contributed by atoms with E-state index in [1.54, 1.807) is 24.3 Å². The van der Waals surface area contributed by atoms with Crippen LogP contribution in [0.25, 0.3) is 0 Å². The molecule has 0 spiro atoms. The van der Waals surface area contributed by atoms with Crippen molar-refractivity contribution in [3.8, 4) is 0 Å². The van der Waals surface area contributed by atoms with E-state index in [0.717, 1.165) is 0 Å². The minimum Gasteiger partial charge on any atom is -0.396 e. The van der Waals surface area contributed by atoms with Crippen molar-refractivity contribution in [2.24, 2.45) is 0 Å². The fourth-order valence-electron chi connectivity index (χ4n) is 2.55. The van der Waals surface area contributed by atoms with Crippen molar-refractivity contribution in [3.63, 3.8) is 0 Å². The molecule has 2 nitrogen and oxygen atoms in total. The van der Waals surface area contributed by atoms with E-state index in [0.29, 0.717) is 24.0 Å². The monoisotopic (exact) mass is 259 g/mol. The fourth-order valence-corrected chi connectivity index (χ4v) is 2.55. The normalized spacial score (nSPS) is 23.1. The van der Waals surface area contributed by atoms with Crippen LogP contribution in [0.15, 0.2) is 24.3 Å². The van der Waals surface area contributed by atoms with Gasteiger partial charge < -0.3 is 5.11 Å². The minimum absolute atomic E-state index is 0.0337. The highest BCUT2D eigenvalue weighted by atomic mass is 19.4. The zero-order chi connectivity index (χ0) is 13.2. The van der Waals surface area contributed by atoms with Crippen molar-refractivity contribution >= 4 is 0 Å². The molecular formula is C13H16F3NO. The molecule has 1 aliphatic heterocycles. The van der Waals surface area contributed by atoms with Gasteiger partial charge in [0.25, 0.3) is 0 Å². The van der Waals surface area contributed by atoms with Gasteiger partial charge in [-0.3, -0.25) is 5.32 Å². The predicted molar refractivity (Wildman–Crippen MR) is 62.0 cm³/mol. The maximum Gasteiger partial charge on any atom is 0.410 e. The summed E-state index contributed by atoms with van der Waals surface area (Å²) < 4.78 is 40.2. The molecule has 1 heterocycles. The Morgan fingerprint density at radius 2 is 1.94 bits per heavy atom. The second-order valence-corrected chi connectivity index (χ2v) is 4.59. The van der Waals surface area contributed by atoms with Gasteiger partial charge in [0.2, 0.25) is 0 Å². The molecule has 1 aromatic rings. The van der Waals surface area contributed by atoms with Crippen molar-refractivity contribution in [2.45, 2.75) is 37.5 Å². The number of hydrogen-bond donors (Lipinski definition) is 2. The SMILES string of the molecule is OCCCCC1(C(F)(F)F)NCc2ccccc21. The number of fused-ring (bicyclic) bond motifs is 1. The Morgan fingerprint density at radius 3 is 2.61 bits per heavy atom. The van der Waals surface area contributed by atoms with E-state index < -0.39 is 11.7 Å². The Morgan fingerprint density at radius 1 is 1.22 bits per heavy atom. The molecule has 0 saturated heterocycles. The number of halogens is 3. The molecule has 18 heavy (non-hydrogen) atoms. The lowest BCUT2D eigenvalue weighted by Crippen LogP contribution is -2.50. The topological polar surface area (TPSA) is 32.3 Å². The maximum atomic E-state index is 13.4. The average Bonchev–Trinajstić information content (AvgIpc) is 2.70. The van der Waals surface area contributed by atoms with E-state index in [2.05, 4.69) is 5.32 Å². The van der Waals surface area contributed by atoms with E-state index in [9.17, 15) is 13.2 Å². The first-order valence-electron chi connectivity index (χ1n) is 6.02. The predicted octanol–water partition coefficient (Wildman–Crippen LogP) is 2.71. The molecule has 0 fully saturated rings. The molecule has 1 aromatic carbocycles. The largest absolute Gasteiger partial charge is 0.410 e. The van der Waals surface area contributed by atoms with E-state index >= 15 is 0 Å². The smallest absolute Gasteiger partial charge is 0.396 e. The van der Waals surface area contributed by atoms with E-state index in [1.807, 2.05) is 0 Å². The van der Waals surface area contributed by atoms with Crippen LogP contribution in [-0.4, -0.2) is 17.9 Å². The number of rotatable bonds is 4. The van der Waals surface area contributed by atoms with Crippen LogP contribution >= 0.6 is 0 Å². The molecule has 1 atom stereocenters. The van der Waals surface area contributed by atoms with Crippen molar-refractivity contribution in [1.82, 2.24) is 5.32 Å². The van der Waals surface area contributed by atoms with E-state index in [4.69, 9.17) is 5.11 Å². The Hall–Kier alpha value is -1.07. The second kappa shape index (κ2) is 4.90. The van der Waals surface area contributed by atoms with E-state index in [1.165, 1.54) is 0 Å². The lowest BCUT2D eigenvalue weighted by atomic mass is 9.85. The highest BCUT2D eigenvalue weighted by molar-refractivity contribution is 5.39. The third-order valence-corrected chi connectivity index (χ3v) is 3.50. The van der Waals surface area contributed by atoms with Gasteiger partial charge in [0, 0.05) is 13.2 Å². The molecule has 1 aliphatic rings. The van der Waals surface area contributed by atoms with Crippen molar-refractivity contribution in [1.29, 1.82) is 0 Å². The highest BCUT2D eigenvalue weighted by Gasteiger charge is 2.57. The van der Waals surface area contributed by atoms with Gasteiger partial charge in [-0.1, -0.05) is 24.3 Å². The first-order valence-corrected chi connectivity index (χ1v) is 6.02. The number of aliphatic hydroxyl groups is 1. The molecule has 0 aromatic heterocycles. The first kappa shape index (κ1) is 13.4. The summed E-state index contributed by atoms with van der Waals surface area (Å²) in [6.45, 7) is 0.171. The standard InChI is InChI=1S/C13H16F3NO/c14-13(15,16)12(7-3-4-8-18)11-6-2-1-5-10(11)9-17-12/h1-2,5-6,17-18H,3-4,7-9H2. The highest BCUT2D eigenvalue weighted by Crippen LogP contribution is 2.47. The Balaban J connectivity index is 2.33. The molecule has 0 bridgehead atoms. The van der Waals surface area contributed by atoms with Gasteiger partial charge in [0.05, 0.1) is 0 Å². The summed E-state index contributed by atoms with van der Waals surface area (Å²) in [6.07, 6.45) is -3.62. The van der Waals surface area contributed by atoms with Crippen LogP contribution in [0, 0.1) is 0 Å². The molecule has 0 saturated carbocycles. The summed E-state index contributed by atoms with van der Waals surface area (Å²) in [5.41, 5.74) is -0.909. The van der Waals surface area contributed by atoms with Crippen LogP contribution in [0.4, 0.5) is 13.2 Å². The third kappa shape index (κ3) is 2.12. The molecule has 5 heteroatoms. The van der Waals surface area contributed by atoms with Crippen molar-refractivity contribution < 1.29 is 18.3 Å². The van der Waals surface area contributed by atoms with Crippen LogP contribution in [0.2, 0.25) is 0 Å². The average molecular weight is 259 g/mol. The second-order valence-electron chi connectivity index (χ2n) is 4.59. The summed E-state index contributed by atoms with van der Waals surface area (Å²) in [4.78, 5) is 0. The van der Waals surface area contributed by atoms with Gasteiger partial charge in [-0.05, 0) is 30.4 Å². The maximum absolute atomic E-state index is 13.4. The van der Waals surface area contributed by atoms with Crippen LogP contribution in [0.3, 0.4) is 0 Å². The van der Waals surface area contributed by atoms with Gasteiger partial charge in [-0.25, -0.2) is 0 Å². The van der Waals surface area contributed by atoms with Gasteiger partial charge in [0.1, 0.15) is 5.54 Å². The molecule has 2 rings (SSSR count). The van der Waals surface area contributed by atoms with Crippen LogP contribution < -0.4 is 5.32 Å². The molecule has 100 valence electrons. The molecule has 2 N–H and O–H groups in total. The lowest BCUT2D eigenvalue weighted by molar-refractivity contribution is -0.201.